The van der Waals surface area contributed by atoms with Gasteiger partial charge in [-0.25, -0.2) is 4.39 Å². The van der Waals surface area contributed by atoms with Crippen molar-refractivity contribution < 1.29 is 9.13 Å². The second kappa shape index (κ2) is 2.27. The van der Waals surface area contributed by atoms with Gasteiger partial charge in [0.25, 0.3) is 0 Å². The van der Waals surface area contributed by atoms with Crippen molar-refractivity contribution >= 4 is 6.21 Å². The molecular formula is C6H8FNO. The number of halogens is 1. The molecule has 1 heterocycles. The van der Waals surface area contributed by atoms with Gasteiger partial charge in [0, 0.05) is 19.5 Å². The van der Waals surface area contributed by atoms with E-state index >= 15 is 0 Å². The molecule has 1 aliphatic rings. The van der Waals surface area contributed by atoms with E-state index < -0.39 is 5.67 Å². The summed E-state index contributed by atoms with van der Waals surface area (Å²) >= 11 is 0. The third-order valence-corrected chi connectivity index (χ3v) is 1.09. The van der Waals surface area contributed by atoms with E-state index in [4.69, 9.17) is 0 Å². The zero-order chi connectivity index (χ0) is 6.74. The van der Waals surface area contributed by atoms with Gasteiger partial charge in [-0.2, -0.15) is 0 Å². The number of aliphatic imine (C=N–C) groups is 1. The predicted molar refractivity (Wildman–Crippen MR) is 33.3 cm³/mol. The lowest BCUT2D eigenvalue weighted by Crippen LogP contribution is -2.25. The first kappa shape index (κ1) is 6.42. The van der Waals surface area contributed by atoms with Crippen molar-refractivity contribution in [3.63, 3.8) is 0 Å². The van der Waals surface area contributed by atoms with Gasteiger partial charge in [-0.3, -0.25) is 4.99 Å². The summed E-state index contributed by atoms with van der Waals surface area (Å²) in [5.41, 5.74) is -1.45. The van der Waals surface area contributed by atoms with Crippen molar-refractivity contribution in [1.82, 2.24) is 0 Å². The number of rotatable bonds is 2. The number of nitrogens with zero attached hydrogens (tertiary/aromatic N) is 1. The molecule has 1 rings (SSSR count). The number of hydrogen-bond donors (Lipinski definition) is 0. The van der Waals surface area contributed by atoms with Gasteiger partial charge in [-0.15, -0.1) is 0 Å². The zero-order valence-corrected chi connectivity index (χ0v) is 5.17. The summed E-state index contributed by atoms with van der Waals surface area (Å²) in [5.74, 6) is 0. The molecule has 9 heavy (non-hydrogen) atoms. The Labute approximate surface area is 53.0 Å². The largest absolute Gasteiger partial charge is 0.381 e. The van der Waals surface area contributed by atoms with E-state index in [0.717, 1.165) is 0 Å². The fraction of sp³-hybridized carbons (Fsp3) is 0.500. The summed E-state index contributed by atoms with van der Waals surface area (Å²) in [6.07, 6.45) is 4.03. The molecule has 0 saturated heterocycles. The molecule has 0 aromatic heterocycles. The predicted octanol–water partition coefficient (Wildman–Crippen LogP) is 0.939. The lowest BCUT2D eigenvalue weighted by atomic mass is 10.1. The van der Waals surface area contributed by atoms with E-state index in [1.807, 2.05) is 0 Å². The van der Waals surface area contributed by atoms with Crippen LogP contribution in [0, 0.1) is 0 Å². The van der Waals surface area contributed by atoms with Crippen LogP contribution in [0.5, 0.6) is 0 Å². The third kappa shape index (κ3) is 1.36. The first-order valence-corrected chi connectivity index (χ1v) is 2.67. The molecule has 0 fully saturated rings. The number of methoxy groups -OCH3 is 1. The molecule has 0 aromatic carbocycles. The molecule has 0 N–H and O–H groups in total. The van der Waals surface area contributed by atoms with Crippen LogP contribution in [0.4, 0.5) is 4.39 Å². The zero-order valence-electron chi connectivity index (χ0n) is 5.17. The summed E-state index contributed by atoms with van der Waals surface area (Å²) in [5, 5.41) is 0. The molecule has 0 bridgehead atoms. The lowest BCUT2D eigenvalue weighted by Gasteiger charge is -2.10. The van der Waals surface area contributed by atoms with Gasteiger partial charge < -0.3 is 4.74 Å². The summed E-state index contributed by atoms with van der Waals surface area (Å²) in [7, 11) is 1.46. The smallest absolute Gasteiger partial charge is 0.189 e. The number of alkyl halides is 1. The van der Waals surface area contributed by atoms with Crippen LogP contribution in [0.3, 0.4) is 0 Å². The van der Waals surface area contributed by atoms with E-state index in [1.54, 1.807) is 0 Å². The standard InChI is InChI=1S/C6H8FNO/c1-9-5-6(7)2-3-8-4-6/h2-4H,5H2,1H3. The van der Waals surface area contributed by atoms with Gasteiger partial charge in [0.05, 0.1) is 6.61 Å². The number of hydrogen-bond acceptors (Lipinski definition) is 2. The van der Waals surface area contributed by atoms with Gasteiger partial charge in [0.2, 0.25) is 0 Å². The summed E-state index contributed by atoms with van der Waals surface area (Å²) < 4.78 is 17.6. The molecule has 0 aliphatic carbocycles. The minimum Gasteiger partial charge on any atom is -0.381 e. The molecule has 0 saturated carbocycles. The molecule has 3 heteroatoms. The Bertz CT molecular complexity index is 141. The maximum Gasteiger partial charge on any atom is 0.189 e. The summed E-state index contributed by atoms with van der Waals surface area (Å²) in [6.45, 7) is 0.0486. The van der Waals surface area contributed by atoms with E-state index in [1.165, 1.54) is 25.6 Å². The molecule has 1 unspecified atom stereocenters. The fourth-order valence-electron chi connectivity index (χ4n) is 0.684. The first-order valence-electron chi connectivity index (χ1n) is 2.67. The van der Waals surface area contributed by atoms with Crippen molar-refractivity contribution in [3.05, 3.63) is 12.3 Å². The highest BCUT2D eigenvalue weighted by atomic mass is 19.1. The van der Waals surface area contributed by atoms with E-state index in [2.05, 4.69) is 9.73 Å². The molecule has 0 spiro atoms. The van der Waals surface area contributed by atoms with Gasteiger partial charge in [-0.05, 0) is 6.08 Å². The highest BCUT2D eigenvalue weighted by Crippen LogP contribution is 2.14. The first-order chi connectivity index (χ1) is 4.27. The van der Waals surface area contributed by atoms with Crippen LogP contribution in [0.2, 0.25) is 0 Å². The van der Waals surface area contributed by atoms with Crippen molar-refractivity contribution in [1.29, 1.82) is 0 Å². The molecule has 1 aliphatic heterocycles. The average Bonchev–Trinajstić information content (AvgIpc) is 2.16. The third-order valence-electron chi connectivity index (χ3n) is 1.09. The second-order valence-electron chi connectivity index (χ2n) is 1.95. The Hall–Kier alpha value is -0.700. The fourth-order valence-corrected chi connectivity index (χ4v) is 0.684. The van der Waals surface area contributed by atoms with Gasteiger partial charge in [0.15, 0.2) is 5.67 Å². The van der Waals surface area contributed by atoms with Gasteiger partial charge in [0.1, 0.15) is 0 Å². The van der Waals surface area contributed by atoms with Crippen LogP contribution in [-0.2, 0) is 4.74 Å². The van der Waals surface area contributed by atoms with Crippen LogP contribution >= 0.6 is 0 Å². The van der Waals surface area contributed by atoms with Crippen LogP contribution in [0.1, 0.15) is 0 Å². The topological polar surface area (TPSA) is 21.6 Å². The molecular weight excluding hydrogens is 121 g/mol. The Balaban J connectivity index is 2.53. The van der Waals surface area contributed by atoms with Crippen LogP contribution in [-0.4, -0.2) is 25.6 Å². The van der Waals surface area contributed by atoms with Crippen LogP contribution in [0.25, 0.3) is 0 Å². The van der Waals surface area contributed by atoms with E-state index in [0.29, 0.717) is 0 Å². The maximum atomic E-state index is 13.0. The highest BCUT2D eigenvalue weighted by Gasteiger charge is 2.25. The van der Waals surface area contributed by atoms with Gasteiger partial charge in [-0.1, -0.05) is 0 Å². The van der Waals surface area contributed by atoms with Crippen LogP contribution in [0.15, 0.2) is 17.3 Å². The minimum atomic E-state index is -1.45. The Morgan fingerprint density at radius 3 is 3.00 bits per heavy atom. The molecule has 1 atom stereocenters. The molecule has 50 valence electrons. The average molecular weight is 129 g/mol. The van der Waals surface area contributed by atoms with Crippen molar-refractivity contribution in [2.75, 3.05) is 13.7 Å². The molecule has 2 nitrogen and oxygen atoms in total. The van der Waals surface area contributed by atoms with Crippen molar-refractivity contribution in [2.24, 2.45) is 4.99 Å². The minimum absolute atomic E-state index is 0.0486. The normalized spacial score (nSPS) is 31.8. The lowest BCUT2D eigenvalue weighted by molar-refractivity contribution is 0.121. The van der Waals surface area contributed by atoms with E-state index in [-0.39, 0.29) is 6.61 Å². The van der Waals surface area contributed by atoms with Crippen molar-refractivity contribution in [3.8, 4) is 0 Å². The maximum absolute atomic E-state index is 13.0. The molecule has 0 radical (unpaired) electrons. The Kier molecular flexibility index (Phi) is 1.62. The number of ether oxygens (including phenoxy) is 1. The quantitative estimate of drug-likeness (QED) is 0.543. The van der Waals surface area contributed by atoms with E-state index in [9.17, 15) is 4.39 Å². The van der Waals surface area contributed by atoms with Crippen molar-refractivity contribution in [2.45, 2.75) is 5.67 Å². The summed E-state index contributed by atoms with van der Waals surface area (Å²) in [4.78, 5) is 3.59. The Morgan fingerprint density at radius 2 is 2.56 bits per heavy atom. The van der Waals surface area contributed by atoms with Gasteiger partial charge >= 0.3 is 0 Å². The second-order valence-corrected chi connectivity index (χ2v) is 1.95. The Morgan fingerprint density at radius 1 is 1.78 bits per heavy atom. The SMILES string of the molecule is COCC1(F)C=CN=C1. The molecule has 0 amide bonds. The van der Waals surface area contributed by atoms with Crippen LogP contribution < -0.4 is 0 Å². The highest BCUT2D eigenvalue weighted by molar-refractivity contribution is 5.75. The monoisotopic (exact) mass is 129 g/mol. The summed E-state index contributed by atoms with van der Waals surface area (Å²) in [6, 6.07) is 0. The molecule has 0 aromatic rings.